The smallest absolute Gasteiger partial charge is 0.170 e. The fourth-order valence-electron chi connectivity index (χ4n) is 2.40. The van der Waals surface area contributed by atoms with Crippen LogP contribution in [0.2, 0.25) is 0 Å². The second kappa shape index (κ2) is 9.13. The molecule has 0 aromatic heterocycles. The van der Waals surface area contributed by atoms with Gasteiger partial charge in [-0.05, 0) is 61.5 Å². The minimum atomic E-state index is 0.644. The number of aryl methyl sites for hydroxylation is 1. The van der Waals surface area contributed by atoms with Gasteiger partial charge >= 0.3 is 0 Å². The number of hydrogen-bond acceptors (Lipinski definition) is 3. The van der Waals surface area contributed by atoms with Crippen LogP contribution in [-0.2, 0) is 0 Å². The van der Waals surface area contributed by atoms with Gasteiger partial charge < -0.3 is 20.3 Å². The van der Waals surface area contributed by atoms with Gasteiger partial charge in [0.05, 0.1) is 7.11 Å². The van der Waals surface area contributed by atoms with Crippen LogP contribution in [0.15, 0.2) is 48.5 Å². The average molecular weight is 343 g/mol. The van der Waals surface area contributed by atoms with Crippen molar-refractivity contribution in [1.82, 2.24) is 5.32 Å². The average Bonchev–Trinajstić information content (AvgIpc) is 2.61. The normalized spacial score (nSPS) is 10.1. The zero-order chi connectivity index (χ0) is 17.4. The van der Waals surface area contributed by atoms with Gasteiger partial charge in [0.15, 0.2) is 5.11 Å². The van der Waals surface area contributed by atoms with E-state index in [4.69, 9.17) is 17.0 Å². The highest BCUT2D eigenvalue weighted by Crippen LogP contribution is 2.20. The van der Waals surface area contributed by atoms with Gasteiger partial charge in [0.2, 0.25) is 0 Å². The van der Waals surface area contributed by atoms with Crippen molar-refractivity contribution in [3.8, 4) is 5.75 Å². The molecule has 4 nitrogen and oxygen atoms in total. The number of benzene rings is 2. The molecule has 0 unspecified atom stereocenters. The quantitative estimate of drug-likeness (QED) is 0.590. The van der Waals surface area contributed by atoms with Crippen LogP contribution in [0.5, 0.6) is 5.75 Å². The molecule has 2 rings (SSSR count). The molecule has 2 aromatic rings. The molecular formula is C19H25N3OS. The van der Waals surface area contributed by atoms with E-state index in [1.165, 1.54) is 5.69 Å². The maximum Gasteiger partial charge on any atom is 0.170 e. The molecule has 24 heavy (non-hydrogen) atoms. The summed E-state index contributed by atoms with van der Waals surface area (Å²) in [6.45, 7) is 3.84. The third-order valence-electron chi connectivity index (χ3n) is 3.83. The van der Waals surface area contributed by atoms with Crippen LogP contribution in [0.4, 0.5) is 11.4 Å². The zero-order valence-corrected chi connectivity index (χ0v) is 15.3. The minimum Gasteiger partial charge on any atom is -0.497 e. The Morgan fingerprint density at radius 3 is 2.58 bits per heavy atom. The van der Waals surface area contributed by atoms with Crippen molar-refractivity contribution >= 4 is 28.7 Å². The van der Waals surface area contributed by atoms with E-state index in [1.54, 1.807) is 7.11 Å². The predicted octanol–water partition coefficient (Wildman–Crippen LogP) is 3.82. The molecular weight excluding hydrogens is 318 g/mol. The number of anilines is 2. The first kappa shape index (κ1) is 18.1. The third-order valence-corrected chi connectivity index (χ3v) is 4.08. The van der Waals surface area contributed by atoms with E-state index in [-0.39, 0.29) is 0 Å². The second-order valence-corrected chi connectivity index (χ2v) is 6.08. The van der Waals surface area contributed by atoms with Crippen molar-refractivity contribution < 1.29 is 4.74 Å². The molecule has 0 atom stereocenters. The molecule has 0 heterocycles. The largest absolute Gasteiger partial charge is 0.497 e. The summed E-state index contributed by atoms with van der Waals surface area (Å²) in [6.07, 6.45) is 1.01. The summed E-state index contributed by atoms with van der Waals surface area (Å²) in [5.41, 5.74) is 3.32. The van der Waals surface area contributed by atoms with Gasteiger partial charge in [-0.1, -0.05) is 18.2 Å². The fraction of sp³-hybridized carbons (Fsp3) is 0.316. The van der Waals surface area contributed by atoms with Crippen molar-refractivity contribution in [2.75, 3.05) is 37.5 Å². The second-order valence-electron chi connectivity index (χ2n) is 5.67. The summed E-state index contributed by atoms with van der Waals surface area (Å²) in [7, 11) is 3.77. The molecule has 0 amide bonds. The van der Waals surface area contributed by atoms with Crippen LogP contribution in [0.1, 0.15) is 12.0 Å². The van der Waals surface area contributed by atoms with Gasteiger partial charge in [0.25, 0.3) is 0 Å². The lowest BCUT2D eigenvalue weighted by Gasteiger charge is -2.19. The number of ether oxygens (including phenoxy) is 1. The molecule has 2 aromatic carbocycles. The van der Waals surface area contributed by atoms with Crippen LogP contribution in [0.3, 0.4) is 0 Å². The standard InChI is InChI=1S/C19H25N3OS/c1-15-14-17(23-3)10-11-18(15)21-19(24)20-12-7-13-22(2)16-8-5-4-6-9-16/h4-6,8-11,14H,7,12-13H2,1-3H3,(H2,20,21,24). The Hall–Kier alpha value is -2.27. The fourth-order valence-corrected chi connectivity index (χ4v) is 2.61. The van der Waals surface area contributed by atoms with Crippen LogP contribution in [0, 0.1) is 6.92 Å². The maximum absolute atomic E-state index is 5.36. The first-order chi connectivity index (χ1) is 11.6. The van der Waals surface area contributed by atoms with Gasteiger partial charge in [-0.2, -0.15) is 0 Å². The van der Waals surface area contributed by atoms with E-state index in [0.717, 1.165) is 36.5 Å². The molecule has 0 aliphatic rings. The maximum atomic E-state index is 5.36. The summed E-state index contributed by atoms with van der Waals surface area (Å²) < 4.78 is 5.21. The van der Waals surface area contributed by atoms with Crippen molar-refractivity contribution in [2.24, 2.45) is 0 Å². The molecule has 0 spiro atoms. The van der Waals surface area contributed by atoms with Crippen LogP contribution < -0.4 is 20.3 Å². The van der Waals surface area contributed by atoms with E-state index < -0.39 is 0 Å². The number of methoxy groups -OCH3 is 1. The van der Waals surface area contributed by atoms with Crippen molar-refractivity contribution in [3.63, 3.8) is 0 Å². The van der Waals surface area contributed by atoms with Crippen LogP contribution in [-0.4, -0.2) is 32.4 Å². The first-order valence-corrected chi connectivity index (χ1v) is 8.46. The van der Waals surface area contributed by atoms with Gasteiger partial charge in [0.1, 0.15) is 5.75 Å². The molecule has 0 aliphatic carbocycles. The number of hydrogen-bond donors (Lipinski definition) is 2. The topological polar surface area (TPSA) is 36.5 Å². The molecule has 2 N–H and O–H groups in total. The Balaban J connectivity index is 1.72. The monoisotopic (exact) mass is 343 g/mol. The number of rotatable bonds is 7. The number of nitrogens with one attached hydrogen (secondary N) is 2. The Kier molecular flexibility index (Phi) is 6.88. The Bertz CT molecular complexity index is 661. The number of para-hydroxylation sites is 1. The van der Waals surface area contributed by atoms with Gasteiger partial charge in [-0.15, -0.1) is 0 Å². The lowest BCUT2D eigenvalue weighted by Crippen LogP contribution is -2.31. The summed E-state index contributed by atoms with van der Waals surface area (Å²) in [5.74, 6) is 0.848. The minimum absolute atomic E-state index is 0.644. The Morgan fingerprint density at radius 1 is 1.17 bits per heavy atom. The summed E-state index contributed by atoms with van der Waals surface area (Å²) in [6, 6.07) is 16.3. The summed E-state index contributed by atoms with van der Waals surface area (Å²) >= 11 is 5.36. The van der Waals surface area contributed by atoms with Gasteiger partial charge in [-0.3, -0.25) is 0 Å². The molecule has 0 aliphatic heterocycles. The summed E-state index contributed by atoms with van der Waals surface area (Å²) in [4.78, 5) is 2.24. The molecule has 0 fully saturated rings. The Morgan fingerprint density at radius 2 is 1.92 bits per heavy atom. The highest BCUT2D eigenvalue weighted by Gasteiger charge is 2.03. The molecule has 0 saturated carbocycles. The Labute approximate surface area is 149 Å². The SMILES string of the molecule is COc1ccc(NC(=S)NCCCN(C)c2ccccc2)c(C)c1. The zero-order valence-electron chi connectivity index (χ0n) is 14.5. The lowest BCUT2D eigenvalue weighted by atomic mass is 10.2. The van der Waals surface area contributed by atoms with E-state index in [9.17, 15) is 0 Å². The highest BCUT2D eigenvalue weighted by molar-refractivity contribution is 7.80. The molecule has 128 valence electrons. The van der Waals surface area contributed by atoms with E-state index >= 15 is 0 Å². The molecule has 0 radical (unpaired) electrons. The van der Waals surface area contributed by atoms with E-state index in [2.05, 4.69) is 46.8 Å². The lowest BCUT2D eigenvalue weighted by molar-refractivity contribution is 0.414. The van der Waals surface area contributed by atoms with Crippen molar-refractivity contribution in [3.05, 3.63) is 54.1 Å². The molecule has 5 heteroatoms. The first-order valence-electron chi connectivity index (χ1n) is 8.06. The van der Waals surface area contributed by atoms with Crippen LogP contribution >= 0.6 is 12.2 Å². The van der Waals surface area contributed by atoms with E-state index in [0.29, 0.717) is 5.11 Å². The number of nitrogens with zero attached hydrogens (tertiary/aromatic N) is 1. The van der Waals surface area contributed by atoms with Crippen molar-refractivity contribution in [2.45, 2.75) is 13.3 Å². The van der Waals surface area contributed by atoms with Gasteiger partial charge in [-0.25, -0.2) is 0 Å². The predicted molar refractivity (Wildman–Crippen MR) is 106 cm³/mol. The van der Waals surface area contributed by atoms with E-state index in [1.807, 2.05) is 31.2 Å². The molecule has 0 saturated heterocycles. The highest BCUT2D eigenvalue weighted by atomic mass is 32.1. The number of thiocarbonyl (C=S) groups is 1. The summed E-state index contributed by atoms with van der Waals surface area (Å²) in [5, 5.41) is 7.13. The molecule has 0 bridgehead atoms. The van der Waals surface area contributed by atoms with Gasteiger partial charge in [0, 0.05) is 31.5 Å². The third kappa shape index (κ3) is 5.42. The van der Waals surface area contributed by atoms with Crippen molar-refractivity contribution in [1.29, 1.82) is 0 Å². The van der Waals surface area contributed by atoms with Crippen LogP contribution in [0.25, 0.3) is 0 Å².